The van der Waals surface area contributed by atoms with Gasteiger partial charge >= 0.3 is 6.85 Å². The van der Waals surface area contributed by atoms with E-state index in [2.05, 4.69) is 193 Å². The number of fused-ring (bicyclic) bond motifs is 14. The van der Waals surface area contributed by atoms with E-state index in [1.165, 1.54) is 77.6 Å². The van der Waals surface area contributed by atoms with Gasteiger partial charge in [0.2, 0.25) is 0 Å². The number of hydrogen-bond donors (Lipinski definition) is 0. The lowest BCUT2D eigenvalue weighted by molar-refractivity contribution is 0.587. The highest BCUT2D eigenvalue weighted by molar-refractivity contribution is 6.93. The first-order valence-electron chi connectivity index (χ1n) is 21.1. The fourth-order valence-electron chi connectivity index (χ4n) is 10.2. The van der Waals surface area contributed by atoms with Crippen LogP contribution in [0.1, 0.15) is 79.0 Å². The number of furan rings is 2. The average Bonchev–Trinajstić information content (AvgIpc) is 3.86. The maximum Gasteiger partial charge on any atom is 0.333 e. The van der Waals surface area contributed by atoms with E-state index in [1.54, 1.807) is 0 Å². The smallest absolute Gasteiger partial charge is 0.333 e. The van der Waals surface area contributed by atoms with E-state index in [0.717, 1.165) is 43.9 Å². The molecule has 7 aromatic carbocycles. The molecule has 0 saturated heterocycles. The van der Waals surface area contributed by atoms with E-state index in [1.807, 2.05) is 0 Å². The Hall–Kier alpha value is -6.20. The van der Waals surface area contributed by atoms with Crippen molar-refractivity contribution in [3.63, 3.8) is 0 Å². The Labute approximate surface area is 345 Å². The van der Waals surface area contributed by atoms with Crippen molar-refractivity contribution in [2.75, 3.05) is 4.81 Å². The van der Waals surface area contributed by atoms with Crippen LogP contribution in [0, 0.1) is 0 Å². The van der Waals surface area contributed by atoms with Crippen LogP contribution >= 0.6 is 0 Å². The van der Waals surface area contributed by atoms with Crippen molar-refractivity contribution in [2.45, 2.75) is 78.6 Å². The van der Waals surface area contributed by atoms with Gasteiger partial charge in [0.05, 0.1) is 11.0 Å². The van der Waals surface area contributed by atoms with Crippen LogP contribution in [0.5, 0.6) is 0 Å². The largest absolute Gasteiger partial charge is 0.456 e. The molecule has 0 N–H and O–H groups in total. The number of benzene rings is 7. The van der Waals surface area contributed by atoms with Gasteiger partial charge in [0.25, 0.3) is 0 Å². The van der Waals surface area contributed by atoms with Crippen molar-refractivity contribution in [3.05, 3.63) is 138 Å². The first-order valence-corrected chi connectivity index (χ1v) is 21.1. The molecule has 0 radical (unpaired) electrons. The van der Waals surface area contributed by atoms with Gasteiger partial charge in [0.15, 0.2) is 0 Å². The molecule has 10 aromatic rings. The van der Waals surface area contributed by atoms with Crippen LogP contribution < -0.4 is 15.7 Å². The number of rotatable bonds is 1. The van der Waals surface area contributed by atoms with Gasteiger partial charge in [-0.05, 0) is 104 Å². The van der Waals surface area contributed by atoms with E-state index >= 15 is 0 Å². The third kappa shape index (κ3) is 4.79. The van der Waals surface area contributed by atoms with Gasteiger partial charge in [-0.25, -0.2) is 0 Å². The minimum absolute atomic E-state index is 0.0165. The number of anilines is 2. The number of aromatic nitrogens is 1. The van der Waals surface area contributed by atoms with Crippen molar-refractivity contribution in [1.82, 2.24) is 4.57 Å². The van der Waals surface area contributed by atoms with Crippen LogP contribution in [0.25, 0.3) is 82.5 Å². The summed E-state index contributed by atoms with van der Waals surface area (Å²) in [7, 11) is 0. The maximum absolute atomic E-state index is 6.81. The first kappa shape index (κ1) is 34.8. The lowest BCUT2D eigenvalue weighted by Gasteiger charge is -2.42. The Balaban J connectivity index is 1.23. The Morgan fingerprint density at radius 3 is 1.81 bits per heavy atom. The second-order valence-electron chi connectivity index (χ2n) is 20.2. The molecule has 0 amide bonds. The zero-order valence-corrected chi connectivity index (χ0v) is 35.3. The standard InChI is InChI=1S/C54H47BN2O2/c1-52(2,3)30-14-18-33(19-15-30)57-45-27-41-35-20-16-32(54(7,8)9)25-47(35)59-49(41)28-38(45)36-21-22-37-39-29-48-40(34-12-10-11-13-46(34)58-48)26-44(39)56-43-23-17-31(53(4,5)6)24-42(43)55(57)50(36)51(37)56/h10-29H,1-9H3. The van der Waals surface area contributed by atoms with Crippen LogP contribution in [-0.4, -0.2) is 11.4 Å². The highest BCUT2D eigenvalue weighted by atomic mass is 16.3. The summed E-state index contributed by atoms with van der Waals surface area (Å²) >= 11 is 0. The first-order chi connectivity index (χ1) is 28.1. The van der Waals surface area contributed by atoms with Gasteiger partial charge in [-0.2, -0.15) is 0 Å². The van der Waals surface area contributed by atoms with E-state index < -0.39 is 0 Å². The molecule has 0 saturated carbocycles. The minimum atomic E-state index is -0.0808. The summed E-state index contributed by atoms with van der Waals surface area (Å²) in [4.78, 5) is 2.64. The lowest BCUT2D eigenvalue weighted by Crippen LogP contribution is -2.60. The molecule has 0 atom stereocenters. The van der Waals surface area contributed by atoms with E-state index in [9.17, 15) is 0 Å². The molecule has 12 rings (SSSR count). The fraction of sp³-hybridized carbons (Fsp3) is 0.222. The molecule has 5 heteroatoms. The predicted molar refractivity (Wildman–Crippen MR) is 250 cm³/mol. The molecule has 0 aliphatic carbocycles. The normalized spacial score (nSPS) is 14.1. The summed E-state index contributed by atoms with van der Waals surface area (Å²) in [5.74, 6) is 0. The second kappa shape index (κ2) is 11.3. The van der Waals surface area contributed by atoms with Crippen LogP contribution in [0.4, 0.5) is 11.4 Å². The molecule has 3 aromatic heterocycles. The van der Waals surface area contributed by atoms with Crippen molar-refractivity contribution in [2.24, 2.45) is 0 Å². The van der Waals surface area contributed by atoms with Crippen LogP contribution in [0.15, 0.2) is 130 Å². The van der Waals surface area contributed by atoms with Crippen LogP contribution in [0.3, 0.4) is 0 Å². The summed E-state index contributed by atoms with van der Waals surface area (Å²) in [6.45, 7) is 20.6. The molecule has 0 spiro atoms. The summed E-state index contributed by atoms with van der Waals surface area (Å²) in [5.41, 5.74) is 18.8. The molecular weight excluding hydrogens is 719 g/mol. The molecule has 2 aliphatic heterocycles. The molecule has 288 valence electrons. The summed E-state index contributed by atoms with van der Waals surface area (Å²) in [6, 6.07) is 45.9. The molecule has 0 unspecified atom stereocenters. The third-order valence-corrected chi connectivity index (χ3v) is 13.4. The third-order valence-electron chi connectivity index (χ3n) is 13.4. The van der Waals surface area contributed by atoms with E-state index in [0.29, 0.717) is 0 Å². The van der Waals surface area contributed by atoms with Crippen molar-refractivity contribution >= 4 is 94.8 Å². The van der Waals surface area contributed by atoms with Gasteiger partial charge < -0.3 is 18.2 Å². The topological polar surface area (TPSA) is 34.5 Å². The zero-order chi connectivity index (χ0) is 40.5. The van der Waals surface area contributed by atoms with Gasteiger partial charge in [0, 0.05) is 54.9 Å². The number of para-hydroxylation sites is 1. The highest BCUT2D eigenvalue weighted by Gasteiger charge is 2.44. The fourth-order valence-corrected chi connectivity index (χ4v) is 10.2. The lowest BCUT2D eigenvalue weighted by atomic mass is 9.43. The SMILES string of the molecule is CC(C)(C)c1ccc(N2B3c4cc(C(C)(C)C)ccc4-n4c5cc6c(cc5c5ccc(c3c54)-c3cc4oc5cc(C(C)(C)C)ccc5c4cc32)oc2ccccc26)cc1. The quantitative estimate of drug-likeness (QED) is 0.156. The Morgan fingerprint density at radius 2 is 1.05 bits per heavy atom. The molecular formula is C54H47BN2O2. The van der Waals surface area contributed by atoms with Gasteiger partial charge in [0.1, 0.15) is 22.3 Å². The van der Waals surface area contributed by atoms with Crippen molar-refractivity contribution < 1.29 is 8.83 Å². The number of hydrogen-bond acceptors (Lipinski definition) is 3. The van der Waals surface area contributed by atoms with Gasteiger partial charge in [-0.3, -0.25) is 0 Å². The Morgan fingerprint density at radius 1 is 0.441 bits per heavy atom. The molecule has 0 fully saturated rings. The summed E-state index contributed by atoms with van der Waals surface area (Å²) < 4.78 is 15.9. The molecule has 2 aliphatic rings. The summed E-state index contributed by atoms with van der Waals surface area (Å²) in [5, 5.41) is 7.02. The molecule has 4 nitrogen and oxygen atoms in total. The number of nitrogens with zero attached hydrogens (tertiary/aromatic N) is 2. The van der Waals surface area contributed by atoms with Gasteiger partial charge in [-0.1, -0.05) is 129 Å². The van der Waals surface area contributed by atoms with Crippen molar-refractivity contribution in [3.8, 4) is 16.8 Å². The Kier molecular flexibility index (Phi) is 6.66. The van der Waals surface area contributed by atoms with E-state index in [-0.39, 0.29) is 23.1 Å². The van der Waals surface area contributed by atoms with E-state index in [4.69, 9.17) is 8.83 Å². The van der Waals surface area contributed by atoms with Crippen LogP contribution in [-0.2, 0) is 16.2 Å². The Bertz CT molecular complexity index is 3450. The average molecular weight is 767 g/mol. The molecule has 0 bridgehead atoms. The summed E-state index contributed by atoms with van der Waals surface area (Å²) in [6.07, 6.45) is 0. The highest BCUT2D eigenvalue weighted by Crippen LogP contribution is 2.49. The molecule has 5 heterocycles. The minimum Gasteiger partial charge on any atom is -0.456 e. The van der Waals surface area contributed by atoms with Gasteiger partial charge in [-0.15, -0.1) is 0 Å². The van der Waals surface area contributed by atoms with Crippen LogP contribution in [0.2, 0.25) is 0 Å². The zero-order valence-electron chi connectivity index (χ0n) is 35.3. The monoisotopic (exact) mass is 766 g/mol. The second-order valence-corrected chi connectivity index (χ2v) is 20.2. The maximum atomic E-state index is 6.81. The van der Waals surface area contributed by atoms with Crippen molar-refractivity contribution in [1.29, 1.82) is 0 Å². The predicted octanol–water partition coefficient (Wildman–Crippen LogP) is 13.7. The molecule has 59 heavy (non-hydrogen) atoms.